The lowest BCUT2D eigenvalue weighted by molar-refractivity contribution is -0.192. The van der Waals surface area contributed by atoms with Gasteiger partial charge in [-0.05, 0) is 52.6 Å². The second-order valence-electron chi connectivity index (χ2n) is 7.89. The van der Waals surface area contributed by atoms with Crippen LogP contribution in [0.15, 0.2) is 77.8 Å². The van der Waals surface area contributed by atoms with Crippen molar-refractivity contribution in [3.63, 3.8) is 0 Å². The Morgan fingerprint density at radius 2 is 1.38 bits per heavy atom. The Balaban J connectivity index is 0.000000479. The van der Waals surface area contributed by atoms with E-state index >= 15 is 0 Å². The third kappa shape index (κ3) is 5.50. The number of guanidine groups is 1. The van der Waals surface area contributed by atoms with Gasteiger partial charge in [0, 0.05) is 7.05 Å². The van der Waals surface area contributed by atoms with Gasteiger partial charge >= 0.3 is 12.1 Å². The van der Waals surface area contributed by atoms with Gasteiger partial charge in [-0.2, -0.15) is 13.2 Å². The van der Waals surface area contributed by atoms with E-state index in [0.717, 1.165) is 22.4 Å². The molecule has 3 aromatic rings. The van der Waals surface area contributed by atoms with Gasteiger partial charge in [-0.25, -0.2) is 9.79 Å². The quantitative estimate of drug-likeness (QED) is 0.530. The lowest BCUT2D eigenvalue weighted by Gasteiger charge is -2.27. The van der Waals surface area contributed by atoms with Gasteiger partial charge in [0.15, 0.2) is 11.5 Å². The highest BCUT2D eigenvalue weighted by atomic mass is 19.4. The van der Waals surface area contributed by atoms with Crippen LogP contribution in [-0.4, -0.2) is 55.3 Å². The van der Waals surface area contributed by atoms with E-state index in [0.29, 0.717) is 11.3 Å². The van der Waals surface area contributed by atoms with E-state index in [9.17, 15) is 18.0 Å². The Morgan fingerprint density at radius 1 is 0.919 bits per heavy atom. The summed E-state index contributed by atoms with van der Waals surface area (Å²) in [6.45, 7) is 0. The summed E-state index contributed by atoms with van der Waals surface area (Å²) in [6.07, 6.45) is -5.08. The van der Waals surface area contributed by atoms with Crippen LogP contribution in [0.1, 0.15) is 11.1 Å². The zero-order chi connectivity index (χ0) is 27.4. The lowest BCUT2D eigenvalue weighted by atomic mass is 9.81. The maximum absolute atomic E-state index is 13.5. The minimum atomic E-state index is -5.08. The minimum absolute atomic E-state index is 0.176. The molecule has 0 fully saturated rings. The van der Waals surface area contributed by atoms with Crippen LogP contribution >= 0.6 is 0 Å². The second kappa shape index (κ2) is 10.6. The summed E-state index contributed by atoms with van der Waals surface area (Å²) in [5, 5.41) is 7.12. The second-order valence-corrected chi connectivity index (χ2v) is 7.89. The van der Waals surface area contributed by atoms with Gasteiger partial charge in [-0.15, -0.1) is 0 Å². The summed E-state index contributed by atoms with van der Waals surface area (Å²) in [4.78, 5) is 28.4. The van der Waals surface area contributed by atoms with Crippen molar-refractivity contribution in [2.45, 2.75) is 11.7 Å². The Labute approximate surface area is 210 Å². The highest BCUT2D eigenvalue weighted by molar-refractivity contribution is 6.09. The molecule has 0 saturated carbocycles. The number of likely N-dealkylation sites (N-methyl/N-ethyl adjacent to an activating group) is 1. The predicted molar refractivity (Wildman–Crippen MR) is 130 cm³/mol. The van der Waals surface area contributed by atoms with Gasteiger partial charge in [0.05, 0.1) is 14.2 Å². The molecule has 0 bridgehead atoms. The molecule has 0 radical (unpaired) electrons. The molecule has 1 aliphatic rings. The summed E-state index contributed by atoms with van der Waals surface area (Å²) in [5.41, 5.74) is 8.16. The molecule has 1 unspecified atom stereocenters. The van der Waals surface area contributed by atoms with Crippen molar-refractivity contribution in [3.8, 4) is 22.6 Å². The van der Waals surface area contributed by atoms with Crippen molar-refractivity contribution < 1.29 is 37.3 Å². The Morgan fingerprint density at radius 3 is 1.86 bits per heavy atom. The molecule has 11 heteroatoms. The Kier molecular flexibility index (Phi) is 7.76. The fraction of sp³-hybridized carbons (Fsp3) is 0.192. The number of hydrogen-bond donors (Lipinski definition) is 2. The molecule has 4 rings (SSSR count). The largest absolute Gasteiger partial charge is 0.497 e. The molecule has 0 saturated heterocycles. The molecular formula is C26H24F3N3O5. The summed E-state index contributed by atoms with van der Waals surface area (Å²) in [5.74, 6) is -1.38. The van der Waals surface area contributed by atoms with Crippen molar-refractivity contribution in [2.24, 2.45) is 10.7 Å². The first-order valence-electron chi connectivity index (χ1n) is 10.8. The smallest absolute Gasteiger partial charge is 0.490 e. The molecule has 0 aliphatic carbocycles. The number of nitrogens with zero attached hydrogens (tertiary/aromatic N) is 2. The zero-order valence-corrected chi connectivity index (χ0v) is 20.1. The van der Waals surface area contributed by atoms with E-state index in [1.165, 1.54) is 4.90 Å². The molecular weight excluding hydrogens is 491 g/mol. The van der Waals surface area contributed by atoms with Crippen molar-refractivity contribution in [3.05, 3.63) is 83.9 Å². The van der Waals surface area contributed by atoms with Crippen LogP contribution in [-0.2, 0) is 15.1 Å². The third-order valence-electron chi connectivity index (χ3n) is 5.65. The first-order chi connectivity index (χ1) is 17.4. The van der Waals surface area contributed by atoms with Gasteiger partial charge in [0.25, 0.3) is 5.91 Å². The number of amides is 1. The first-order valence-corrected chi connectivity index (χ1v) is 10.8. The number of aliphatic imine (C=N–C) groups is 1. The number of methoxy groups -OCH3 is 2. The van der Waals surface area contributed by atoms with Crippen LogP contribution in [0.5, 0.6) is 11.5 Å². The van der Waals surface area contributed by atoms with Crippen LogP contribution in [0.2, 0.25) is 0 Å². The highest BCUT2D eigenvalue weighted by Gasteiger charge is 2.49. The number of halogens is 3. The summed E-state index contributed by atoms with van der Waals surface area (Å²) >= 11 is 0. The molecule has 0 aromatic heterocycles. The molecule has 194 valence electrons. The maximum Gasteiger partial charge on any atom is 0.490 e. The monoisotopic (exact) mass is 515 g/mol. The van der Waals surface area contributed by atoms with Crippen molar-refractivity contribution in [2.75, 3.05) is 21.3 Å². The average Bonchev–Trinajstić information content (AvgIpc) is 3.13. The molecule has 3 aromatic carbocycles. The topological polar surface area (TPSA) is 114 Å². The molecule has 1 atom stereocenters. The van der Waals surface area contributed by atoms with E-state index in [4.69, 9.17) is 25.1 Å². The summed E-state index contributed by atoms with van der Waals surface area (Å²) in [6, 6.07) is 22.9. The average molecular weight is 515 g/mol. The SMILES string of the molecule is COc1cccc(-c2cccc(C3(c4cccc(OC)c4)N=C(N)N(C)C3=O)c2)c1.O=C(O)C(F)(F)F. The van der Waals surface area contributed by atoms with E-state index < -0.39 is 17.7 Å². The van der Waals surface area contributed by atoms with Crippen molar-refractivity contribution in [1.82, 2.24) is 4.90 Å². The molecule has 1 aliphatic heterocycles. The number of ether oxygens (including phenoxy) is 2. The number of aliphatic carboxylic acids is 1. The molecule has 0 spiro atoms. The number of rotatable bonds is 5. The van der Waals surface area contributed by atoms with Crippen LogP contribution in [0.3, 0.4) is 0 Å². The Hall–Kier alpha value is -4.54. The minimum Gasteiger partial charge on any atom is -0.497 e. The van der Waals surface area contributed by atoms with Crippen LogP contribution in [0.25, 0.3) is 11.1 Å². The number of alkyl halides is 3. The highest BCUT2D eigenvalue weighted by Crippen LogP contribution is 2.41. The van der Waals surface area contributed by atoms with E-state index in [-0.39, 0.29) is 11.9 Å². The maximum atomic E-state index is 13.5. The fourth-order valence-corrected chi connectivity index (χ4v) is 3.76. The zero-order valence-electron chi connectivity index (χ0n) is 20.1. The third-order valence-corrected chi connectivity index (χ3v) is 5.65. The number of benzene rings is 3. The molecule has 1 amide bonds. The summed E-state index contributed by atoms with van der Waals surface area (Å²) in [7, 11) is 4.86. The molecule has 37 heavy (non-hydrogen) atoms. The van der Waals surface area contributed by atoms with Crippen LogP contribution in [0, 0.1) is 0 Å². The van der Waals surface area contributed by atoms with E-state index in [1.54, 1.807) is 21.3 Å². The lowest BCUT2D eigenvalue weighted by Crippen LogP contribution is -2.41. The Bertz CT molecular complexity index is 1340. The van der Waals surface area contributed by atoms with Gasteiger partial charge in [-0.1, -0.05) is 42.5 Å². The number of carboxylic acid groups (broad SMARTS) is 1. The summed E-state index contributed by atoms with van der Waals surface area (Å²) < 4.78 is 42.5. The van der Waals surface area contributed by atoms with Gasteiger partial charge in [0.1, 0.15) is 11.5 Å². The number of nitrogens with two attached hydrogens (primary N) is 1. The van der Waals surface area contributed by atoms with Crippen LogP contribution < -0.4 is 15.2 Å². The number of carbonyl (C=O) groups excluding carboxylic acids is 1. The number of hydrogen-bond acceptors (Lipinski definition) is 6. The van der Waals surface area contributed by atoms with E-state index in [1.807, 2.05) is 72.8 Å². The molecule has 1 heterocycles. The number of carboxylic acids is 1. The van der Waals surface area contributed by atoms with Gasteiger partial charge < -0.3 is 20.3 Å². The van der Waals surface area contributed by atoms with Crippen LogP contribution in [0.4, 0.5) is 13.2 Å². The molecule has 8 nitrogen and oxygen atoms in total. The molecule has 3 N–H and O–H groups in total. The predicted octanol–water partition coefficient (Wildman–Crippen LogP) is 4.03. The van der Waals surface area contributed by atoms with Crippen molar-refractivity contribution >= 4 is 17.8 Å². The number of carbonyl (C=O) groups is 2. The normalized spacial score (nSPS) is 17.0. The first kappa shape index (κ1) is 27.1. The van der Waals surface area contributed by atoms with E-state index in [2.05, 4.69) is 4.99 Å². The van der Waals surface area contributed by atoms with Gasteiger partial charge in [-0.3, -0.25) is 9.69 Å². The van der Waals surface area contributed by atoms with Gasteiger partial charge in [0.2, 0.25) is 0 Å². The standard InChI is InChI=1S/C24H23N3O3.C2HF3O2/c1-27-22(28)24(26-23(27)25,19-10-6-12-21(15-19)30-3)18-9-4-7-16(13-18)17-8-5-11-20(14-17)29-2;3-2(4,5)1(6)7/h4-15H,1-3H3,(H2,25,26);(H,6,7). The van der Waals surface area contributed by atoms with Crippen molar-refractivity contribution in [1.29, 1.82) is 0 Å². The fourth-order valence-electron chi connectivity index (χ4n) is 3.76.